The van der Waals surface area contributed by atoms with Gasteiger partial charge in [-0.3, -0.25) is 4.79 Å². The van der Waals surface area contributed by atoms with E-state index in [9.17, 15) is 9.59 Å². The summed E-state index contributed by atoms with van der Waals surface area (Å²) in [5.74, 6) is -0.550. The Hall–Kier alpha value is -2.36. The summed E-state index contributed by atoms with van der Waals surface area (Å²) in [6.45, 7) is 12.8. The van der Waals surface area contributed by atoms with E-state index in [2.05, 4.69) is 51.3 Å². The van der Waals surface area contributed by atoms with Crippen LogP contribution in [0.5, 0.6) is 0 Å². The molecule has 4 heteroatoms. The zero-order chi connectivity index (χ0) is 19.2. The molecule has 0 radical (unpaired) electrons. The molecule has 1 unspecified atom stereocenters. The number of nitrogens with zero attached hydrogens (tertiary/aromatic N) is 1. The minimum atomic E-state index is -0.550. The Balaban J connectivity index is 2.28. The molecule has 0 saturated carbocycles. The predicted octanol–water partition coefficient (Wildman–Crippen LogP) is 4.45. The zero-order valence-electron chi connectivity index (χ0n) is 16.5. The third kappa shape index (κ3) is 3.09. The normalized spacial score (nSPS) is 16.0. The van der Waals surface area contributed by atoms with Crippen LogP contribution in [-0.4, -0.2) is 17.1 Å². The van der Waals surface area contributed by atoms with Crippen molar-refractivity contribution in [3.05, 3.63) is 56.9 Å². The molecule has 1 aromatic heterocycles. The second kappa shape index (κ2) is 6.42. The van der Waals surface area contributed by atoms with Crippen molar-refractivity contribution in [2.45, 2.75) is 54.0 Å². The molecule has 0 bridgehead atoms. The summed E-state index contributed by atoms with van der Waals surface area (Å²) in [5, 5.41) is 0. The fourth-order valence-corrected chi connectivity index (χ4v) is 3.70. The number of carbonyl (C=O) groups is 1. The van der Waals surface area contributed by atoms with Crippen molar-refractivity contribution in [3.8, 4) is 11.3 Å². The first-order chi connectivity index (χ1) is 12.1. The number of aromatic nitrogens is 1. The van der Waals surface area contributed by atoms with E-state index < -0.39 is 5.97 Å². The van der Waals surface area contributed by atoms with Crippen molar-refractivity contribution in [1.82, 2.24) is 4.57 Å². The smallest absolute Gasteiger partial charge is 0.343 e. The monoisotopic (exact) mass is 353 g/mol. The summed E-state index contributed by atoms with van der Waals surface area (Å²) in [6.07, 6.45) is 2.57. The van der Waals surface area contributed by atoms with Crippen LogP contribution < -0.4 is 5.43 Å². The second-order valence-electron chi connectivity index (χ2n) is 8.24. The molecule has 3 rings (SSSR count). The van der Waals surface area contributed by atoms with Crippen LogP contribution in [0.15, 0.2) is 29.2 Å². The SMILES string of the molecule is CCOC(=O)c1cn2c(cc1=O)-c1cc(C)c(C)cc1CC2C(C)(C)C. The number of fused-ring (bicyclic) bond motifs is 3. The van der Waals surface area contributed by atoms with Crippen LogP contribution in [0.25, 0.3) is 11.3 Å². The van der Waals surface area contributed by atoms with Crippen LogP contribution in [-0.2, 0) is 11.2 Å². The summed E-state index contributed by atoms with van der Waals surface area (Å²) in [6, 6.07) is 6.13. The Morgan fingerprint density at radius 3 is 2.46 bits per heavy atom. The van der Waals surface area contributed by atoms with Crippen molar-refractivity contribution in [3.63, 3.8) is 0 Å². The van der Waals surface area contributed by atoms with Crippen molar-refractivity contribution in [2.24, 2.45) is 5.41 Å². The maximum Gasteiger partial charge on any atom is 0.343 e. The number of rotatable bonds is 2. The van der Waals surface area contributed by atoms with Gasteiger partial charge in [0, 0.05) is 23.9 Å². The first kappa shape index (κ1) is 18.4. The van der Waals surface area contributed by atoms with Crippen molar-refractivity contribution in [1.29, 1.82) is 0 Å². The average Bonchev–Trinajstić information content (AvgIpc) is 2.54. The molecule has 138 valence electrons. The van der Waals surface area contributed by atoms with Crippen LogP contribution in [0.2, 0.25) is 0 Å². The highest BCUT2D eigenvalue weighted by Crippen LogP contribution is 2.43. The molecule has 2 heterocycles. The van der Waals surface area contributed by atoms with Gasteiger partial charge in [-0.2, -0.15) is 0 Å². The van der Waals surface area contributed by atoms with Gasteiger partial charge in [-0.25, -0.2) is 4.79 Å². The van der Waals surface area contributed by atoms with Gasteiger partial charge in [0.15, 0.2) is 5.43 Å². The van der Waals surface area contributed by atoms with E-state index in [1.807, 2.05) is 0 Å². The third-order valence-corrected chi connectivity index (χ3v) is 5.32. The minimum absolute atomic E-state index is 0.0216. The van der Waals surface area contributed by atoms with Gasteiger partial charge in [0.25, 0.3) is 0 Å². The van der Waals surface area contributed by atoms with E-state index in [1.165, 1.54) is 16.7 Å². The Morgan fingerprint density at radius 2 is 1.85 bits per heavy atom. The summed E-state index contributed by atoms with van der Waals surface area (Å²) in [5.41, 5.74) is 5.49. The zero-order valence-corrected chi connectivity index (χ0v) is 16.5. The molecule has 1 aliphatic rings. The molecule has 0 saturated heterocycles. The van der Waals surface area contributed by atoms with E-state index in [1.54, 1.807) is 19.2 Å². The predicted molar refractivity (Wildman–Crippen MR) is 104 cm³/mol. The number of pyridine rings is 1. The number of carbonyl (C=O) groups excluding carboxylic acids is 1. The average molecular weight is 353 g/mol. The van der Waals surface area contributed by atoms with E-state index in [-0.39, 0.29) is 29.1 Å². The lowest BCUT2D eigenvalue weighted by Gasteiger charge is -2.39. The first-order valence-electron chi connectivity index (χ1n) is 9.17. The van der Waals surface area contributed by atoms with E-state index in [0.29, 0.717) is 0 Å². The lowest BCUT2D eigenvalue weighted by Crippen LogP contribution is -2.33. The summed E-state index contributed by atoms with van der Waals surface area (Å²) in [4.78, 5) is 24.8. The summed E-state index contributed by atoms with van der Waals surface area (Å²) >= 11 is 0. The van der Waals surface area contributed by atoms with Crippen molar-refractivity contribution >= 4 is 5.97 Å². The molecule has 1 aliphatic heterocycles. The Morgan fingerprint density at radius 1 is 1.19 bits per heavy atom. The Labute approximate surface area is 154 Å². The van der Waals surface area contributed by atoms with E-state index >= 15 is 0 Å². The maximum atomic E-state index is 12.6. The fourth-order valence-electron chi connectivity index (χ4n) is 3.70. The fraction of sp³-hybridized carbons (Fsp3) is 0.455. The van der Waals surface area contributed by atoms with Crippen molar-refractivity contribution in [2.75, 3.05) is 6.61 Å². The molecular weight excluding hydrogens is 326 g/mol. The molecule has 0 N–H and O–H groups in total. The van der Waals surface area contributed by atoms with Crippen LogP contribution >= 0.6 is 0 Å². The molecule has 26 heavy (non-hydrogen) atoms. The second-order valence-corrected chi connectivity index (χ2v) is 8.24. The molecule has 0 fully saturated rings. The van der Waals surface area contributed by atoms with Gasteiger partial charge in [-0.15, -0.1) is 0 Å². The highest BCUT2D eigenvalue weighted by molar-refractivity contribution is 5.89. The molecule has 2 aromatic rings. The van der Waals surface area contributed by atoms with Crippen LogP contribution in [0.4, 0.5) is 0 Å². The molecule has 0 amide bonds. The Kier molecular flexibility index (Phi) is 4.55. The Bertz CT molecular complexity index is 932. The van der Waals surface area contributed by atoms with Gasteiger partial charge in [0.1, 0.15) is 5.56 Å². The summed E-state index contributed by atoms with van der Waals surface area (Å²) < 4.78 is 7.17. The topological polar surface area (TPSA) is 48.3 Å². The van der Waals surface area contributed by atoms with E-state index in [4.69, 9.17) is 4.74 Å². The van der Waals surface area contributed by atoms with Gasteiger partial charge in [0.2, 0.25) is 0 Å². The van der Waals surface area contributed by atoms with Crippen LogP contribution in [0, 0.1) is 19.3 Å². The molecule has 1 aromatic carbocycles. The first-order valence-corrected chi connectivity index (χ1v) is 9.17. The largest absolute Gasteiger partial charge is 0.462 e. The summed E-state index contributed by atoms with van der Waals surface area (Å²) in [7, 11) is 0. The molecule has 0 spiro atoms. The molecule has 0 aliphatic carbocycles. The van der Waals surface area contributed by atoms with Gasteiger partial charge < -0.3 is 9.30 Å². The van der Waals surface area contributed by atoms with Crippen LogP contribution in [0.3, 0.4) is 0 Å². The molecular formula is C22H27NO3. The van der Waals surface area contributed by atoms with Gasteiger partial charge >= 0.3 is 5.97 Å². The minimum Gasteiger partial charge on any atom is -0.462 e. The lowest BCUT2D eigenvalue weighted by molar-refractivity contribution is 0.0523. The quantitative estimate of drug-likeness (QED) is 0.749. The van der Waals surface area contributed by atoms with Gasteiger partial charge in [-0.05, 0) is 55.4 Å². The van der Waals surface area contributed by atoms with Gasteiger partial charge in [-0.1, -0.05) is 26.8 Å². The standard InChI is InChI=1S/C22H27NO3/c1-7-26-21(25)17-12-23-18(11-19(17)24)16-9-14(3)13(2)8-15(16)10-20(23)22(4,5)6/h8-9,11-12,20H,7,10H2,1-6H3. The number of benzene rings is 1. The molecule has 1 atom stereocenters. The van der Waals surface area contributed by atoms with Crippen LogP contribution in [0.1, 0.15) is 60.8 Å². The number of hydrogen-bond donors (Lipinski definition) is 0. The highest BCUT2D eigenvalue weighted by atomic mass is 16.5. The number of aryl methyl sites for hydroxylation is 2. The number of esters is 1. The van der Waals surface area contributed by atoms with E-state index in [0.717, 1.165) is 17.7 Å². The maximum absolute atomic E-state index is 12.6. The van der Waals surface area contributed by atoms with Crippen molar-refractivity contribution < 1.29 is 9.53 Å². The molecule has 4 nitrogen and oxygen atoms in total. The highest BCUT2D eigenvalue weighted by Gasteiger charge is 2.33. The number of ether oxygens (including phenoxy) is 1. The number of hydrogen-bond acceptors (Lipinski definition) is 3. The third-order valence-electron chi connectivity index (χ3n) is 5.32. The lowest BCUT2D eigenvalue weighted by atomic mass is 9.78. The van der Waals surface area contributed by atoms with Gasteiger partial charge in [0.05, 0.1) is 12.3 Å².